The summed E-state index contributed by atoms with van der Waals surface area (Å²) in [4.78, 5) is 11.9. The first-order valence-corrected chi connectivity index (χ1v) is 5.99. The number of ether oxygens (including phenoxy) is 1. The van der Waals surface area contributed by atoms with Crippen molar-refractivity contribution in [3.8, 4) is 0 Å². The van der Waals surface area contributed by atoms with Gasteiger partial charge in [0.15, 0.2) is 0 Å². The first kappa shape index (κ1) is 12.1. The Hall–Kier alpha value is -0.320. The summed E-state index contributed by atoms with van der Waals surface area (Å²) in [7, 11) is 0. The molecule has 0 aromatic rings. The summed E-state index contributed by atoms with van der Waals surface area (Å²) < 4.78 is 5.72. The molecule has 4 atom stereocenters. The summed E-state index contributed by atoms with van der Waals surface area (Å²) in [5.74, 6) is 0.408. The van der Waals surface area contributed by atoms with Gasteiger partial charge in [0.2, 0.25) is 5.91 Å². The van der Waals surface area contributed by atoms with Crippen LogP contribution in [0.2, 0.25) is 0 Å². The molecule has 0 aliphatic carbocycles. The van der Waals surface area contributed by atoms with Crippen LogP contribution in [0.3, 0.4) is 0 Å². The SMILES string of the molecule is Cl.O=C(NC1CC2CCC1O2)[C@@H]1CCNC1. The van der Waals surface area contributed by atoms with Crippen LogP contribution in [0.1, 0.15) is 25.7 Å². The smallest absolute Gasteiger partial charge is 0.224 e. The molecule has 3 unspecified atom stereocenters. The minimum absolute atomic E-state index is 0. The molecule has 2 N–H and O–H groups in total. The van der Waals surface area contributed by atoms with Gasteiger partial charge in [-0.25, -0.2) is 0 Å². The van der Waals surface area contributed by atoms with E-state index in [1.807, 2.05) is 0 Å². The van der Waals surface area contributed by atoms with Gasteiger partial charge in [-0.05, 0) is 32.2 Å². The lowest BCUT2D eigenvalue weighted by Crippen LogP contribution is -2.44. The molecule has 0 aromatic heterocycles. The first-order chi connectivity index (χ1) is 7.33. The second-order valence-electron chi connectivity index (χ2n) is 4.91. The fraction of sp³-hybridized carbons (Fsp3) is 0.909. The quantitative estimate of drug-likeness (QED) is 0.744. The van der Waals surface area contributed by atoms with Crippen molar-refractivity contribution in [2.45, 2.75) is 43.9 Å². The predicted molar refractivity (Wildman–Crippen MR) is 62.7 cm³/mol. The lowest BCUT2D eigenvalue weighted by Gasteiger charge is -2.21. The van der Waals surface area contributed by atoms with Crippen LogP contribution >= 0.6 is 12.4 Å². The van der Waals surface area contributed by atoms with Crippen LogP contribution in [0, 0.1) is 5.92 Å². The van der Waals surface area contributed by atoms with Crippen LogP contribution in [0.4, 0.5) is 0 Å². The third-order valence-corrected chi connectivity index (χ3v) is 3.86. The van der Waals surface area contributed by atoms with Crippen molar-refractivity contribution in [2.24, 2.45) is 5.92 Å². The minimum atomic E-state index is 0. The first-order valence-electron chi connectivity index (χ1n) is 5.99. The zero-order valence-electron chi connectivity index (χ0n) is 9.28. The van der Waals surface area contributed by atoms with Crippen molar-refractivity contribution in [3.63, 3.8) is 0 Å². The van der Waals surface area contributed by atoms with E-state index in [1.54, 1.807) is 0 Å². The standard InChI is InChI=1S/C11H18N2O2.ClH/c14-11(7-3-4-12-6-7)13-9-5-8-1-2-10(9)15-8;/h7-10,12H,1-6H2,(H,13,14);1H/t7-,8?,9?,10?;/m1./s1. The Labute approximate surface area is 102 Å². The third-order valence-electron chi connectivity index (χ3n) is 3.86. The predicted octanol–water partition coefficient (Wildman–Crippen LogP) is 0.454. The van der Waals surface area contributed by atoms with Crippen molar-refractivity contribution in [3.05, 3.63) is 0 Å². The molecule has 92 valence electrons. The number of hydrogen-bond donors (Lipinski definition) is 2. The highest BCUT2D eigenvalue weighted by molar-refractivity contribution is 5.85. The van der Waals surface area contributed by atoms with Gasteiger partial charge < -0.3 is 15.4 Å². The summed E-state index contributed by atoms with van der Waals surface area (Å²) in [5.41, 5.74) is 0. The number of hydrogen-bond acceptors (Lipinski definition) is 3. The molecule has 16 heavy (non-hydrogen) atoms. The van der Waals surface area contributed by atoms with Crippen molar-refractivity contribution in [2.75, 3.05) is 13.1 Å². The topological polar surface area (TPSA) is 50.4 Å². The van der Waals surface area contributed by atoms with Crippen LogP contribution in [0.5, 0.6) is 0 Å². The second kappa shape index (κ2) is 4.90. The highest BCUT2D eigenvalue weighted by atomic mass is 35.5. The van der Waals surface area contributed by atoms with Gasteiger partial charge in [-0.2, -0.15) is 0 Å². The van der Waals surface area contributed by atoms with Crippen molar-refractivity contribution in [1.29, 1.82) is 0 Å². The van der Waals surface area contributed by atoms with Gasteiger partial charge in [-0.1, -0.05) is 0 Å². The molecule has 3 saturated heterocycles. The number of rotatable bonds is 2. The summed E-state index contributed by atoms with van der Waals surface area (Å²) in [5, 5.41) is 6.37. The molecule has 0 spiro atoms. The van der Waals surface area contributed by atoms with Gasteiger partial charge in [0.05, 0.1) is 24.2 Å². The van der Waals surface area contributed by atoms with Gasteiger partial charge in [-0.3, -0.25) is 4.79 Å². The molecule has 4 nitrogen and oxygen atoms in total. The molecule has 3 fully saturated rings. The number of amides is 1. The van der Waals surface area contributed by atoms with Gasteiger partial charge in [0.1, 0.15) is 0 Å². The summed E-state index contributed by atoms with van der Waals surface area (Å²) in [6.45, 7) is 1.82. The molecule has 0 saturated carbocycles. The van der Waals surface area contributed by atoms with E-state index in [-0.39, 0.29) is 30.3 Å². The van der Waals surface area contributed by atoms with E-state index in [2.05, 4.69) is 10.6 Å². The lowest BCUT2D eigenvalue weighted by molar-refractivity contribution is -0.125. The Kier molecular flexibility index (Phi) is 3.72. The molecule has 5 heteroatoms. The molecule has 2 bridgehead atoms. The Morgan fingerprint density at radius 2 is 2.19 bits per heavy atom. The second-order valence-corrected chi connectivity index (χ2v) is 4.91. The molecule has 3 aliphatic rings. The monoisotopic (exact) mass is 246 g/mol. The van der Waals surface area contributed by atoms with Crippen molar-refractivity contribution >= 4 is 18.3 Å². The zero-order valence-corrected chi connectivity index (χ0v) is 10.1. The number of nitrogens with one attached hydrogen (secondary N) is 2. The maximum absolute atomic E-state index is 11.9. The molecule has 3 rings (SSSR count). The number of halogens is 1. The minimum Gasteiger partial charge on any atom is -0.373 e. The summed E-state index contributed by atoms with van der Waals surface area (Å²) in [6, 6.07) is 0.289. The molecule has 0 aromatic carbocycles. The van der Waals surface area contributed by atoms with Gasteiger partial charge in [0, 0.05) is 6.54 Å². The molecular weight excluding hydrogens is 228 g/mol. The lowest BCUT2D eigenvalue weighted by atomic mass is 9.95. The van der Waals surface area contributed by atoms with Crippen LogP contribution in [0.25, 0.3) is 0 Å². The Morgan fingerprint density at radius 3 is 2.75 bits per heavy atom. The van der Waals surface area contributed by atoms with E-state index in [0.29, 0.717) is 12.2 Å². The van der Waals surface area contributed by atoms with E-state index >= 15 is 0 Å². The van der Waals surface area contributed by atoms with E-state index in [0.717, 1.165) is 32.4 Å². The number of fused-ring (bicyclic) bond motifs is 2. The van der Waals surface area contributed by atoms with E-state index in [9.17, 15) is 4.79 Å². The summed E-state index contributed by atoms with van der Waals surface area (Å²) in [6.07, 6.45) is 5.03. The van der Waals surface area contributed by atoms with Crippen LogP contribution < -0.4 is 10.6 Å². The number of carbonyl (C=O) groups excluding carboxylic acids is 1. The summed E-state index contributed by atoms with van der Waals surface area (Å²) >= 11 is 0. The van der Waals surface area contributed by atoms with Gasteiger partial charge in [0.25, 0.3) is 0 Å². The molecule has 3 heterocycles. The Bertz CT molecular complexity index is 269. The largest absolute Gasteiger partial charge is 0.373 e. The maximum Gasteiger partial charge on any atom is 0.224 e. The van der Waals surface area contributed by atoms with Crippen LogP contribution in [-0.2, 0) is 9.53 Å². The van der Waals surface area contributed by atoms with Gasteiger partial charge >= 0.3 is 0 Å². The Balaban J connectivity index is 0.000000963. The molecule has 3 aliphatic heterocycles. The molecule has 1 amide bonds. The van der Waals surface area contributed by atoms with Crippen molar-refractivity contribution in [1.82, 2.24) is 10.6 Å². The average molecular weight is 247 g/mol. The fourth-order valence-corrected chi connectivity index (χ4v) is 2.97. The molecular formula is C11H19ClN2O2. The van der Waals surface area contributed by atoms with E-state index in [1.165, 1.54) is 6.42 Å². The fourth-order valence-electron chi connectivity index (χ4n) is 2.97. The van der Waals surface area contributed by atoms with E-state index < -0.39 is 0 Å². The molecule has 0 radical (unpaired) electrons. The number of carbonyl (C=O) groups is 1. The third kappa shape index (κ3) is 2.19. The van der Waals surface area contributed by atoms with Crippen LogP contribution in [-0.4, -0.2) is 37.2 Å². The van der Waals surface area contributed by atoms with Crippen LogP contribution in [0.15, 0.2) is 0 Å². The Morgan fingerprint density at radius 1 is 1.31 bits per heavy atom. The van der Waals surface area contributed by atoms with E-state index in [4.69, 9.17) is 4.74 Å². The highest BCUT2D eigenvalue weighted by Gasteiger charge is 2.42. The van der Waals surface area contributed by atoms with Gasteiger partial charge in [-0.15, -0.1) is 12.4 Å². The average Bonchev–Trinajstić information content (AvgIpc) is 2.95. The zero-order chi connectivity index (χ0) is 10.3. The normalized spacial score (nSPS) is 40.8. The highest BCUT2D eigenvalue weighted by Crippen LogP contribution is 2.34. The maximum atomic E-state index is 11.9. The van der Waals surface area contributed by atoms with Crippen molar-refractivity contribution < 1.29 is 9.53 Å².